The Labute approximate surface area is 200 Å². The minimum Gasteiger partial charge on any atom is -0.482 e. The molecule has 3 aromatic rings. The van der Waals surface area contributed by atoms with Gasteiger partial charge in [-0.05, 0) is 77.7 Å². The number of benzene rings is 2. The first-order valence-corrected chi connectivity index (χ1v) is 12.1. The summed E-state index contributed by atoms with van der Waals surface area (Å²) in [4.78, 5) is 15.1. The molecule has 0 spiro atoms. The van der Waals surface area contributed by atoms with Gasteiger partial charge in [0.15, 0.2) is 6.61 Å². The number of rotatable bonds is 7. The maximum Gasteiger partial charge on any atom is 0.416 e. The molecule has 8 heteroatoms. The van der Waals surface area contributed by atoms with E-state index in [0.717, 1.165) is 55.7 Å². The SMILES string of the molecule is CCOC(=O)COc1ccc2c(c1)CCN(Cc1cc(-c3ccc(C(F)(F)F)cc3)cs1)CC2. The molecule has 0 saturated carbocycles. The van der Waals surface area contributed by atoms with Gasteiger partial charge in [-0.15, -0.1) is 11.3 Å². The fourth-order valence-electron chi connectivity index (χ4n) is 4.03. The van der Waals surface area contributed by atoms with E-state index in [0.29, 0.717) is 12.4 Å². The highest BCUT2D eigenvalue weighted by Gasteiger charge is 2.30. The lowest BCUT2D eigenvalue weighted by Crippen LogP contribution is -2.25. The average Bonchev–Trinajstić information content (AvgIpc) is 3.19. The number of carbonyl (C=O) groups is 1. The molecule has 0 atom stereocenters. The quantitative estimate of drug-likeness (QED) is 0.383. The molecule has 2 heterocycles. The van der Waals surface area contributed by atoms with E-state index in [2.05, 4.69) is 17.0 Å². The molecule has 0 saturated heterocycles. The molecular weight excluding hydrogens is 463 g/mol. The summed E-state index contributed by atoms with van der Waals surface area (Å²) < 4.78 is 48.9. The molecule has 34 heavy (non-hydrogen) atoms. The van der Waals surface area contributed by atoms with Gasteiger partial charge in [0.05, 0.1) is 12.2 Å². The Morgan fingerprint density at radius 2 is 1.74 bits per heavy atom. The third-order valence-electron chi connectivity index (χ3n) is 5.81. The Morgan fingerprint density at radius 3 is 2.44 bits per heavy atom. The standard InChI is InChI=1S/C26H26F3NO3S/c1-2-32-25(31)16-33-23-8-5-19-9-11-30(12-10-20(19)13-23)15-24-14-21(17-34-24)18-3-6-22(7-4-18)26(27,28)29/h3-8,13-14,17H,2,9-12,15-16H2,1H3. The molecular formula is C26H26F3NO3S. The molecule has 0 N–H and O–H groups in total. The minimum absolute atomic E-state index is 0.0988. The second-order valence-electron chi connectivity index (χ2n) is 8.18. The molecule has 2 aromatic carbocycles. The first-order chi connectivity index (χ1) is 16.3. The molecule has 0 aliphatic carbocycles. The number of alkyl halides is 3. The van der Waals surface area contributed by atoms with E-state index in [4.69, 9.17) is 9.47 Å². The van der Waals surface area contributed by atoms with E-state index in [9.17, 15) is 18.0 Å². The van der Waals surface area contributed by atoms with Crippen LogP contribution in [0.1, 0.15) is 28.5 Å². The summed E-state index contributed by atoms with van der Waals surface area (Å²) in [5.74, 6) is 0.287. The van der Waals surface area contributed by atoms with Crippen LogP contribution in [0, 0.1) is 0 Å². The number of fused-ring (bicyclic) bond motifs is 1. The van der Waals surface area contributed by atoms with E-state index < -0.39 is 11.7 Å². The topological polar surface area (TPSA) is 38.8 Å². The number of esters is 1. The summed E-state index contributed by atoms with van der Waals surface area (Å²) in [6, 6.07) is 13.3. The van der Waals surface area contributed by atoms with Gasteiger partial charge >= 0.3 is 12.1 Å². The number of thiophene rings is 1. The Morgan fingerprint density at radius 1 is 1.00 bits per heavy atom. The van der Waals surface area contributed by atoms with E-state index >= 15 is 0 Å². The number of carbonyl (C=O) groups excluding carboxylic acids is 1. The van der Waals surface area contributed by atoms with Gasteiger partial charge < -0.3 is 9.47 Å². The summed E-state index contributed by atoms with van der Waals surface area (Å²) in [6.45, 7) is 4.60. The monoisotopic (exact) mass is 489 g/mol. The van der Waals surface area contributed by atoms with Crippen LogP contribution in [0.15, 0.2) is 53.9 Å². The van der Waals surface area contributed by atoms with Gasteiger partial charge in [0.1, 0.15) is 5.75 Å². The van der Waals surface area contributed by atoms with Gasteiger partial charge in [-0.25, -0.2) is 4.79 Å². The van der Waals surface area contributed by atoms with Crippen LogP contribution in [0.4, 0.5) is 13.2 Å². The summed E-state index contributed by atoms with van der Waals surface area (Å²) in [5.41, 5.74) is 3.60. The average molecular weight is 490 g/mol. The van der Waals surface area contributed by atoms with Crippen molar-refractivity contribution in [2.45, 2.75) is 32.5 Å². The number of hydrogen-bond donors (Lipinski definition) is 0. The highest BCUT2D eigenvalue weighted by atomic mass is 32.1. The number of nitrogens with zero attached hydrogens (tertiary/aromatic N) is 1. The third kappa shape index (κ3) is 6.18. The summed E-state index contributed by atoms with van der Waals surface area (Å²) in [5, 5.41) is 2.00. The van der Waals surface area contributed by atoms with Crippen LogP contribution >= 0.6 is 11.3 Å². The maximum absolute atomic E-state index is 12.8. The smallest absolute Gasteiger partial charge is 0.416 e. The van der Waals surface area contributed by atoms with Crippen molar-refractivity contribution in [1.29, 1.82) is 0 Å². The van der Waals surface area contributed by atoms with Crippen LogP contribution in [0.3, 0.4) is 0 Å². The van der Waals surface area contributed by atoms with Gasteiger partial charge in [-0.3, -0.25) is 4.90 Å². The molecule has 0 bridgehead atoms. The molecule has 1 aliphatic rings. The number of ether oxygens (including phenoxy) is 2. The van der Waals surface area contributed by atoms with Crippen LogP contribution in [0.2, 0.25) is 0 Å². The van der Waals surface area contributed by atoms with Gasteiger partial charge in [-0.2, -0.15) is 13.2 Å². The van der Waals surface area contributed by atoms with Crippen molar-refractivity contribution >= 4 is 17.3 Å². The van der Waals surface area contributed by atoms with Crippen molar-refractivity contribution in [1.82, 2.24) is 4.90 Å². The predicted octanol–water partition coefficient (Wildman–Crippen LogP) is 5.98. The Bertz CT molecular complexity index is 1130. The van der Waals surface area contributed by atoms with E-state index in [1.165, 1.54) is 28.1 Å². The van der Waals surface area contributed by atoms with Crippen LogP contribution in [0.5, 0.6) is 5.75 Å². The lowest BCUT2D eigenvalue weighted by molar-refractivity contribution is -0.145. The van der Waals surface area contributed by atoms with Gasteiger partial charge in [0.2, 0.25) is 0 Å². The molecule has 0 radical (unpaired) electrons. The molecule has 4 rings (SSSR count). The maximum atomic E-state index is 12.8. The van der Waals surface area contributed by atoms with E-state index in [-0.39, 0.29) is 12.6 Å². The van der Waals surface area contributed by atoms with Crippen molar-refractivity contribution in [3.05, 3.63) is 75.5 Å². The molecule has 0 unspecified atom stereocenters. The fourth-order valence-corrected chi connectivity index (χ4v) is 4.96. The fraction of sp³-hybridized carbons (Fsp3) is 0.346. The highest BCUT2D eigenvalue weighted by Crippen LogP contribution is 2.32. The largest absolute Gasteiger partial charge is 0.482 e. The van der Waals surface area contributed by atoms with Crippen LogP contribution in [-0.4, -0.2) is 37.2 Å². The number of hydrogen-bond acceptors (Lipinski definition) is 5. The normalized spacial score (nSPS) is 14.4. The Hall–Kier alpha value is -2.84. The highest BCUT2D eigenvalue weighted by molar-refractivity contribution is 7.10. The molecule has 0 amide bonds. The second kappa shape index (κ2) is 10.6. The van der Waals surface area contributed by atoms with Crippen LogP contribution in [0.25, 0.3) is 11.1 Å². The molecule has 4 nitrogen and oxygen atoms in total. The van der Waals surface area contributed by atoms with Crippen LogP contribution < -0.4 is 4.74 Å². The lowest BCUT2D eigenvalue weighted by Gasteiger charge is -2.18. The van der Waals surface area contributed by atoms with Crippen molar-refractivity contribution in [3.63, 3.8) is 0 Å². The first-order valence-electron chi connectivity index (χ1n) is 11.2. The zero-order valence-electron chi connectivity index (χ0n) is 18.9. The minimum atomic E-state index is -4.32. The van der Waals surface area contributed by atoms with Gasteiger partial charge in [0, 0.05) is 24.5 Å². The van der Waals surface area contributed by atoms with Gasteiger partial charge in [-0.1, -0.05) is 18.2 Å². The zero-order valence-corrected chi connectivity index (χ0v) is 19.7. The zero-order chi connectivity index (χ0) is 24.1. The summed E-state index contributed by atoms with van der Waals surface area (Å²) >= 11 is 1.63. The van der Waals surface area contributed by atoms with E-state index in [1.807, 2.05) is 17.5 Å². The van der Waals surface area contributed by atoms with Crippen molar-refractivity contribution in [2.75, 3.05) is 26.3 Å². The summed E-state index contributed by atoms with van der Waals surface area (Å²) in [7, 11) is 0. The molecule has 1 aliphatic heterocycles. The lowest BCUT2D eigenvalue weighted by atomic mass is 10.0. The molecule has 0 fully saturated rings. The van der Waals surface area contributed by atoms with Crippen molar-refractivity contribution in [2.24, 2.45) is 0 Å². The summed E-state index contributed by atoms with van der Waals surface area (Å²) in [6.07, 6.45) is -2.52. The van der Waals surface area contributed by atoms with Gasteiger partial charge in [0.25, 0.3) is 0 Å². The van der Waals surface area contributed by atoms with Crippen LogP contribution in [-0.2, 0) is 35.1 Å². The predicted molar refractivity (Wildman–Crippen MR) is 126 cm³/mol. The number of halogens is 3. The van der Waals surface area contributed by atoms with Crippen molar-refractivity contribution < 1.29 is 27.4 Å². The third-order valence-corrected chi connectivity index (χ3v) is 6.73. The van der Waals surface area contributed by atoms with Crippen molar-refractivity contribution in [3.8, 4) is 16.9 Å². The molecule has 180 valence electrons. The Kier molecular flexibility index (Phi) is 7.58. The molecule has 1 aromatic heterocycles. The first kappa shape index (κ1) is 24.3. The Balaban J connectivity index is 1.35. The van der Waals surface area contributed by atoms with E-state index in [1.54, 1.807) is 18.3 Å². The second-order valence-corrected chi connectivity index (χ2v) is 9.17.